The first-order valence-electron chi connectivity index (χ1n) is 6.55. The number of nitrogens with zero attached hydrogens (tertiary/aromatic N) is 2. The van der Waals surface area contributed by atoms with E-state index in [1.807, 2.05) is 39.8 Å². The van der Waals surface area contributed by atoms with Gasteiger partial charge in [-0.15, -0.1) is 0 Å². The molecule has 20 heavy (non-hydrogen) atoms. The van der Waals surface area contributed by atoms with Crippen LogP contribution >= 0.6 is 0 Å². The molecule has 3 rings (SSSR count). The van der Waals surface area contributed by atoms with Gasteiger partial charge in [0, 0.05) is 6.07 Å². The zero-order valence-corrected chi connectivity index (χ0v) is 12.0. The van der Waals surface area contributed by atoms with Gasteiger partial charge in [-0.05, 0) is 44.9 Å². The molecule has 4 nitrogen and oxygen atoms in total. The summed E-state index contributed by atoms with van der Waals surface area (Å²) in [4.78, 5) is 11.6. The number of hydrogen-bond acceptors (Lipinski definition) is 3. The molecule has 1 aromatic carbocycles. The molecule has 0 aliphatic carbocycles. The highest BCUT2D eigenvalue weighted by Gasteiger charge is 2.15. The third-order valence-corrected chi connectivity index (χ3v) is 3.52. The molecule has 0 radical (unpaired) electrons. The van der Waals surface area contributed by atoms with Crippen LogP contribution in [-0.2, 0) is 0 Å². The van der Waals surface area contributed by atoms with Gasteiger partial charge in [0.05, 0.1) is 16.8 Å². The normalized spacial score (nSPS) is 11.2. The summed E-state index contributed by atoms with van der Waals surface area (Å²) in [5, 5.41) is 5.44. The van der Waals surface area contributed by atoms with Gasteiger partial charge in [-0.3, -0.25) is 0 Å². The Balaban J connectivity index is 2.40. The van der Waals surface area contributed by atoms with E-state index in [1.165, 1.54) is 11.6 Å². The molecule has 0 N–H and O–H groups in total. The van der Waals surface area contributed by atoms with Crippen molar-refractivity contribution in [2.24, 2.45) is 0 Å². The number of benzene rings is 1. The van der Waals surface area contributed by atoms with Crippen LogP contribution in [0.15, 0.2) is 33.5 Å². The first-order chi connectivity index (χ1) is 9.47. The molecule has 0 amide bonds. The van der Waals surface area contributed by atoms with Crippen molar-refractivity contribution in [2.45, 2.75) is 27.7 Å². The number of aryl methyl sites for hydroxylation is 4. The lowest BCUT2D eigenvalue weighted by molar-refractivity contribution is 0.534. The van der Waals surface area contributed by atoms with Crippen LogP contribution in [0.25, 0.3) is 16.8 Å². The van der Waals surface area contributed by atoms with E-state index in [4.69, 9.17) is 4.42 Å². The minimum Gasteiger partial charge on any atom is -0.403 e. The molecule has 4 heteroatoms. The van der Waals surface area contributed by atoms with E-state index in [-0.39, 0.29) is 5.63 Å². The van der Waals surface area contributed by atoms with Crippen molar-refractivity contribution >= 4 is 11.1 Å². The summed E-state index contributed by atoms with van der Waals surface area (Å²) in [6.07, 6.45) is 0. The van der Waals surface area contributed by atoms with E-state index in [0.29, 0.717) is 5.71 Å². The van der Waals surface area contributed by atoms with Crippen molar-refractivity contribution in [1.29, 1.82) is 0 Å². The van der Waals surface area contributed by atoms with E-state index in [2.05, 4.69) is 11.2 Å². The van der Waals surface area contributed by atoms with Crippen molar-refractivity contribution < 1.29 is 4.42 Å². The van der Waals surface area contributed by atoms with Gasteiger partial charge in [-0.2, -0.15) is 9.78 Å². The van der Waals surface area contributed by atoms with Crippen molar-refractivity contribution in [1.82, 2.24) is 9.78 Å². The van der Waals surface area contributed by atoms with Gasteiger partial charge >= 0.3 is 5.63 Å². The third-order valence-electron chi connectivity index (χ3n) is 3.52. The maximum absolute atomic E-state index is 11.6. The van der Waals surface area contributed by atoms with Gasteiger partial charge in [-0.1, -0.05) is 17.7 Å². The van der Waals surface area contributed by atoms with Crippen LogP contribution in [-0.4, -0.2) is 9.78 Å². The summed E-state index contributed by atoms with van der Waals surface area (Å²) in [6, 6.07) is 7.62. The summed E-state index contributed by atoms with van der Waals surface area (Å²) in [6.45, 7) is 7.90. The monoisotopic (exact) mass is 268 g/mol. The van der Waals surface area contributed by atoms with Crippen LogP contribution in [0.2, 0.25) is 0 Å². The Kier molecular flexibility index (Phi) is 2.74. The number of aromatic nitrogens is 2. The molecule has 0 saturated carbocycles. The van der Waals surface area contributed by atoms with Crippen LogP contribution in [0.4, 0.5) is 0 Å². The van der Waals surface area contributed by atoms with Crippen LogP contribution < -0.4 is 5.63 Å². The second-order valence-electron chi connectivity index (χ2n) is 5.22. The van der Waals surface area contributed by atoms with Crippen LogP contribution in [0.5, 0.6) is 0 Å². The Morgan fingerprint density at radius 1 is 1.05 bits per heavy atom. The third kappa shape index (κ3) is 1.84. The van der Waals surface area contributed by atoms with Crippen LogP contribution in [0, 0.1) is 27.7 Å². The fraction of sp³-hybridized carbons (Fsp3) is 0.250. The van der Waals surface area contributed by atoms with Gasteiger partial charge < -0.3 is 4.42 Å². The molecule has 0 unspecified atom stereocenters. The molecular weight excluding hydrogens is 252 g/mol. The molecule has 2 aromatic heterocycles. The first kappa shape index (κ1) is 12.7. The highest BCUT2D eigenvalue weighted by Crippen LogP contribution is 2.25. The number of rotatable bonds is 1. The maximum Gasteiger partial charge on any atom is 0.337 e. The smallest absolute Gasteiger partial charge is 0.337 e. The Hall–Kier alpha value is -2.36. The SMILES string of the molecule is Cc1ccc(-n2nc(C)c3c(C)cc(=O)oc32)c(C)c1. The molecular formula is C16H16N2O2. The summed E-state index contributed by atoms with van der Waals surface area (Å²) in [5.74, 6) is 0. The van der Waals surface area contributed by atoms with Gasteiger partial charge in [0.2, 0.25) is 5.71 Å². The quantitative estimate of drug-likeness (QED) is 0.681. The van der Waals surface area contributed by atoms with Crippen LogP contribution in [0.1, 0.15) is 22.4 Å². The van der Waals surface area contributed by atoms with E-state index in [9.17, 15) is 4.79 Å². The summed E-state index contributed by atoms with van der Waals surface area (Å²) in [7, 11) is 0. The lowest BCUT2D eigenvalue weighted by Gasteiger charge is -2.07. The molecule has 2 heterocycles. The highest BCUT2D eigenvalue weighted by molar-refractivity contribution is 5.81. The molecule has 0 spiro atoms. The average Bonchev–Trinajstić information content (AvgIpc) is 2.66. The molecule has 102 valence electrons. The zero-order valence-electron chi connectivity index (χ0n) is 12.0. The van der Waals surface area contributed by atoms with E-state index < -0.39 is 0 Å². The minimum atomic E-state index is -0.346. The molecule has 0 bridgehead atoms. The summed E-state index contributed by atoms with van der Waals surface area (Å²) >= 11 is 0. The largest absolute Gasteiger partial charge is 0.403 e. The van der Waals surface area contributed by atoms with Gasteiger partial charge in [0.1, 0.15) is 0 Å². The summed E-state index contributed by atoms with van der Waals surface area (Å²) in [5.41, 5.74) is 5.14. The fourth-order valence-electron chi connectivity index (χ4n) is 2.63. The van der Waals surface area contributed by atoms with Gasteiger partial charge in [0.15, 0.2) is 0 Å². The standard InChI is InChI=1S/C16H16N2O2/c1-9-5-6-13(10(2)7-9)18-16-15(12(4)17-18)11(3)8-14(19)20-16/h5-8H,1-4H3. The zero-order chi connectivity index (χ0) is 14.4. The lowest BCUT2D eigenvalue weighted by atomic mass is 10.1. The molecule has 0 aliphatic rings. The van der Waals surface area contributed by atoms with Crippen molar-refractivity contribution in [3.8, 4) is 5.69 Å². The molecule has 0 aliphatic heterocycles. The van der Waals surface area contributed by atoms with Gasteiger partial charge in [-0.25, -0.2) is 4.79 Å². The first-order valence-corrected chi connectivity index (χ1v) is 6.55. The Labute approximate surface area is 116 Å². The van der Waals surface area contributed by atoms with Crippen molar-refractivity contribution in [3.05, 3.63) is 57.1 Å². The van der Waals surface area contributed by atoms with Crippen LogP contribution in [0.3, 0.4) is 0 Å². The minimum absolute atomic E-state index is 0.346. The van der Waals surface area contributed by atoms with E-state index in [1.54, 1.807) is 4.68 Å². The van der Waals surface area contributed by atoms with Crippen molar-refractivity contribution in [2.75, 3.05) is 0 Å². The maximum atomic E-state index is 11.6. The van der Waals surface area contributed by atoms with Crippen molar-refractivity contribution in [3.63, 3.8) is 0 Å². The average molecular weight is 268 g/mol. The Morgan fingerprint density at radius 2 is 1.80 bits per heavy atom. The van der Waals surface area contributed by atoms with E-state index >= 15 is 0 Å². The van der Waals surface area contributed by atoms with E-state index in [0.717, 1.165) is 27.9 Å². The summed E-state index contributed by atoms with van der Waals surface area (Å²) < 4.78 is 7.10. The number of hydrogen-bond donors (Lipinski definition) is 0. The number of fused-ring (bicyclic) bond motifs is 1. The topological polar surface area (TPSA) is 48.0 Å². The predicted molar refractivity (Wildman–Crippen MR) is 78.6 cm³/mol. The molecule has 3 aromatic rings. The Bertz CT molecular complexity index is 872. The molecule has 0 saturated heterocycles. The molecule has 0 atom stereocenters. The highest BCUT2D eigenvalue weighted by atomic mass is 16.4. The molecule has 0 fully saturated rings. The predicted octanol–water partition coefficient (Wildman–Crippen LogP) is 3.21. The fourth-order valence-corrected chi connectivity index (χ4v) is 2.63. The Morgan fingerprint density at radius 3 is 2.50 bits per heavy atom. The van der Waals surface area contributed by atoms with Gasteiger partial charge in [0.25, 0.3) is 0 Å². The second kappa shape index (κ2) is 4.34. The lowest BCUT2D eigenvalue weighted by Crippen LogP contribution is -2.03. The second-order valence-corrected chi connectivity index (χ2v) is 5.22.